The second kappa shape index (κ2) is 9.55. The number of benzene rings is 1. The highest BCUT2D eigenvalue weighted by atomic mass is 32.2. The summed E-state index contributed by atoms with van der Waals surface area (Å²) in [6, 6.07) is 4.91. The summed E-state index contributed by atoms with van der Waals surface area (Å²) in [5.74, 6) is -0.736. The van der Waals surface area contributed by atoms with Crippen molar-refractivity contribution in [2.24, 2.45) is 5.73 Å². The van der Waals surface area contributed by atoms with Gasteiger partial charge in [0, 0.05) is 5.69 Å². The molecule has 1 aromatic carbocycles. The maximum absolute atomic E-state index is 11.9. The Morgan fingerprint density at radius 1 is 1.08 bits per heavy atom. The minimum absolute atomic E-state index is 0.0233. The molecule has 8 nitrogen and oxygen atoms in total. The van der Waals surface area contributed by atoms with Gasteiger partial charge in [0.05, 0.1) is 11.5 Å². The maximum Gasteiger partial charge on any atom is 0.325 e. The summed E-state index contributed by atoms with van der Waals surface area (Å²) in [4.78, 5) is 34.4. The van der Waals surface area contributed by atoms with E-state index in [-0.39, 0.29) is 11.5 Å². The molecule has 0 saturated carbocycles. The molecule has 26 heavy (non-hydrogen) atoms. The lowest BCUT2D eigenvalue weighted by Gasteiger charge is -2.08. The number of anilines is 1. The fourth-order valence-corrected chi connectivity index (χ4v) is 4.28. The second-order valence-corrected chi connectivity index (χ2v) is 8.60. The predicted octanol–water partition coefficient (Wildman–Crippen LogP) is 2.17. The van der Waals surface area contributed by atoms with E-state index in [1.54, 1.807) is 6.07 Å². The van der Waals surface area contributed by atoms with Gasteiger partial charge in [-0.2, -0.15) is 0 Å². The predicted molar refractivity (Wildman–Crippen MR) is 104 cm³/mol. The average molecular weight is 412 g/mol. The van der Waals surface area contributed by atoms with Crippen molar-refractivity contribution in [3.63, 3.8) is 0 Å². The van der Waals surface area contributed by atoms with E-state index in [2.05, 4.69) is 20.8 Å². The molecule has 2 rings (SSSR count). The van der Waals surface area contributed by atoms with E-state index in [9.17, 15) is 14.4 Å². The van der Waals surface area contributed by atoms with E-state index in [4.69, 9.17) is 5.73 Å². The summed E-state index contributed by atoms with van der Waals surface area (Å²) in [5.41, 5.74) is 7.85. The van der Waals surface area contributed by atoms with Gasteiger partial charge in [-0.25, -0.2) is 4.79 Å². The molecule has 0 unspecified atom stereocenters. The van der Waals surface area contributed by atoms with Crippen LogP contribution in [0.2, 0.25) is 0 Å². The van der Waals surface area contributed by atoms with Crippen LogP contribution in [0.4, 0.5) is 10.5 Å². The van der Waals surface area contributed by atoms with Crippen molar-refractivity contribution < 1.29 is 14.4 Å². The molecule has 0 radical (unpaired) electrons. The van der Waals surface area contributed by atoms with Crippen molar-refractivity contribution in [3.05, 3.63) is 29.3 Å². The van der Waals surface area contributed by atoms with Crippen LogP contribution in [0.25, 0.3) is 0 Å². The number of aryl methyl sites for hydroxylation is 2. The van der Waals surface area contributed by atoms with E-state index < -0.39 is 17.8 Å². The largest absolute Gasteiger partial charge is 0.369 e. The van der Waals surface area contributed by atoms with Crippen LogP contribution in [0.5, 0.6) is 0 Å². The normalized spacial score (nSPS) is 10.4. The standard InChI is InChI=1S/C15H17N5O3S3/c1-8-3-4-10(5-9(8)2)17-13(23)18-12(22)7-25-15-20-19-14(26-15)24-6-11(16)21/h3-5H,6-7H2,1-2H3,(H2,16,21)(H2,17,18,22,23). The lowest BCUT2D eigenvalue weighted by atomic mass is 10.1. The Morgan fingerprint density at radius 3 is 2.35 bits per heavy atom. The van der Waals surface area contributed by atoms with Crippen LogP contribution in [0.3, 0.4) is 0 Å². The first-order chi connectivity index (χ1) is 12.3. The molecular formula is C15H17N5O3S3. The number of hydrogen-bond acceptors (Lipinski definition) is 8. The summed E-state index contributed by atoms with van der Waals surface area (Å²) < 4.78 is 1.17. The van der Waals surface area contributed by atoms with E-state index in [0.29, 0.717) is 14.4 Å². The fraction of sp³-hybridized carbons (Fsp3) is 0.267. The average Bonchev–Trinajstić information content (AvgIpc) is 3.02. The number of nitrogens with two attached hydrogens (primary N) is 1. The zero-order chi connectivity index (χ0) is 19.1. The number of nitrogens with one attached hydrogen (secondary N) is 2. The number of carbonyl (C=O) groups is 3. The van der Waals surface area contributed by atoms with Crippen LogP contribution in [0.1, 0.15) is 11.1 Å². The number of rotatable bonds is 7. The highest BCUT2D eigenvalue weighted by Crippen LogP contribution is 2.28. The summed E-state index contributed by atoms with van der Waals surface area (Å²) >= 11 is 3.61. The molecule has 0 bridgehead atoms. The van der Waals surface area contributed by atoms with Gasteiger partial charge in [0.25, 0.3) is 0 Å². The molecule has 4 N–H and O–H groups in total. The minimum atomic E-state index is -0.589. The number of amides is 4. The van der Waals surface area contributed by atoms with Gasteiger partial charge in [-0.3, -0.25) is 14.9 Å². The molecule has 11 heteroatoms. The van der Waals surface area contributed by atoms with Crippen LogP contribution in [-0.2, 0) is 9.59 Å². The highest BCUT2D eigenvalue weighted by Gasteiger charge is 2.12. The van der Waals surface area contributed by atoms with E-state index in [1.165, 1.54) is 23.1 Å². The number of imide groups is 1. The second-order valence-electron chi connectivity index (χ2n) is 5.18. The van der Waals surface area contributed by atoms with Gasteiger partial charge in [-0.1, -0.05) is 40.9 Å². The van der Waals surface area contributed by atoms with Crippen molar-refractivity contribution in [3.8, 4) is 0 Å². The number of hydrogen-bond donors (Lipinski definition) is 3. The highest BCUT2D eigenvalue weighted by molar-refractivity contribution is 8.03. The molecule has 0 spiro atoms. The molecule has 2 aromatic rings. The van der Waals surface area contributed by atoms with Crippen LogP contribution < -0.4 is 16.4 Å². The Balaban J connectivity index is 1.76. The van der Waals surface area contributed by atoms with Crippen LogP contribution in [0, 0.1) is 13.8 Å². The summed E-state index contributed by atoms with van der Waals surface area (Å²) in [6.07, 6.45) is 0. The van der Waals surface area contributed by atoms with Gasteiger partial charge in [0.2, 0.25) is 11.8 Å². The third-order valence-electron chi connectivity index (χ3n) is 3.07. The topological polar surface area (TPSA) is 127 Å². The lowest BCUT2D eigenvalue weighted by Crippen LogP contribution is -2.35. The number of nitrogens with zero attached hydrogens (tertiary/aromatic N) is 2. The van der Waals surface area contributed by atoms with E-state index in [1.807, 2.05) is 26.0 Å². The third kappa shape index (κ3) is 6.65. The van der Waals surface area contributed by atoms with Gasteiger partial charge in [0.15, 0.2) is 8.68 Å². The molecule has 4 amide bonds. The van der Waals surface area contributed by atoms with Crippen molar-refractivity contribution >= 4 is 58.4 Å². The maximum atomic E-state index is 11.9. The first-order valence-corrected chi connectivity index (χ1v) is 10.2. The lowest BCUT2D eigenvalue weighted by molar-refractivity contribution is -0.117. The smallest absolute Gasteiger partial charge is 0.325 e. The van der Waals surface area contributed by atoms with E-state index >= 15 is 0 Å². The Kier molecular flexibility index (Phi) is 7.42. The summed E-state index contributed by atoms with van der Waals surface area (Å²) in [7, 11) is 0. The fourth-order valence-electron chi connectivity index (χ4n) is 1.72. The quantitative estimate of drug-likeness (QED) is 0.596. The van der Waals surface area contributed by atoms with Gasteiger partial charge in [-0.15, -0.1) is 10.2 Å². The van der Waals surface area contributed by atoms with Crippen LogP contribution in [0.15, 0.2) is 26.9 Å². The van der Waals surface area contributed by atoms with Crippen LogP contribution in [-0.4, -0.2) is 39.5 Å². The molecular weight excluding hydrogens is 394 g/mol. The molecule has 0 aliphatic carbocycles. The minimum Gasteiger partial charge on any atom is -0.369 e. The molecule has 0 aliphatic heterocycles. The van der Waals surface area contributed by atoms with Crippen molar-refractivity contribution in [1.82, 2.24) is 15.5 Å². The first-order valence-electron chi connectivity index (χ1n) is 7.39. The van der Waals surface area contributed by atoms with Gasteiger partial charge < -0.3 is 11.1 Å². The Bertz CT molecular complexity index is 825. The Labute approximate surface area is 162 Å². The summed E-state index contributed by atoms with van der Waals surface area (Å²) in [5, 5.41) is 12.7. The van der Waals surface area contributed by atoms with Crippen molar-refractivity contribution in [2.75, 3.05) is 16.8 Å². The van der Waals surface area contributed by atoms with Gasteiger partial charge >= 0.3 is 6.03 Å². The number of urea groups is 1. The van der Waals surface area contributed by atoms with Gasteiger partial charge in [-0.05, 0) is 37.1 Å². The Hall–Kier alpha value is -2.11. The zero-order valence-corrected chi connectivity index (χ0v) is 16.5. The van der Waals surface area contributed by atoms with Gasteiger partial charge in [0.1, 0.15) is 0 Å². The number of thioether (sulfide) groups is 2. The monoisotopic (exact) mass is 411 g/mol. The van der Waals surface area contributed by atoms with Crippen LogP contribution >= 0.6 is 34.9 Å². The Morgan fingerprint density at radius 2 is 1.73 bits per heavy atom. The molecule has 0 saturated heterocycles. The number of primary amides is 1. The SMILES string of the molecule is Cc1ccc(NC(=O)NC(=O)CSc2nnc(SCC(N)=O)s2)cc1C. The molecule has 0 aliphatic rings. The molecule has 1 aromatic heterocycles. The molecule has 0 fully saturated rings. The molecule has 1 heterocycles. The number of aromatic nitrogens is 2. The van der Waals surface area contributed by atoms with Crippen molar-refractivity contribution in [1.29, 1.82) is 0 Å². The summed E-state index contributed by atoms with van der Waals surface area (Å²) in [6.45, 7) is 3.92. The molecule has 0 atom stereocenters. The number of carbonyl (C=O) groups excluding carboxylic acids is 3. The third-order valence-corrected chi connectivity index (χ3v) is 6.28. The first kappa shape index (κ1) is 20.2. The van der Waals surface area contributed by atoms with Crippen molar-refractivity contribution in [2.45, 2.75) is 22.5 Å². The van der Waals surface area contributed by atoms with E-state index in [0.717, 1.165) is 22.9 Å². The molecule has 138 valence electrons. The zero-order valence-electron chi connectivity index (χ0n) is 14.1.